The average Bonchev–Trinajstić information content (AvgIpc) is 2.30. The number of carbonyl (C=O) groups is 1. The lowest BCUT2D eigenvalue weighted by Gasteiger charge is -2.02. The Morgan fingerprint density at radius 1 is 1.41 bits per heavy atom. The summed E-state index contributed by atoms with van der Waals surface area (Å²) in [7, 11) is 0. The summed E-state index contributed by atoms with van der Waals surface area (Å²) in [6.45, 7) is 2.15. The summed E-state index contributed by atoms with van der Waals surface area (Å²) in [5, 5.41) is 10.4. The molecule has 92 valence electrons. The number of hydrogen-bond donors (Lipinski definition) is 0. The van der Waals surface area contributed by atoms with Crippen LogP contribution in [-0.2, 0) is 15.3 Å². The molecule has 0 saturated heterocycles. The van der Waals surface area contributed by atoms with Crippen molar-refractivity contribution >= 4 is 23.4 Å². The van der Waals surface area contributed by atoms with Crippen LogP contribution in [0.1, 0.15) is 12.5 Å². The number of nitrogens with zero attached hydrogens (tertiary/aromatic N) is 1. The van der Waals surface area contributed by atoms with Crippen molar-refractivity contribution in [3.8, 4) is 0 Å². The molecule has 1 rings (SSSR count). The topological polar surface area (TPSA) is 69.4 Å². The number of hydrogen-bond acceptors (Lipinski definition) is 5. The molecule has 0 radical (unpaired) electrons. The molecule has 5 nitrogen and oxygen atoms in total. The van der Waals surface area contributed by atoms with Gasteiger partial charge in [0.05, 0.1) is 17.3 Å². The van der Waals surface area contributed by atoms with Gasteiger partial charge in [-0.25, -0.2) is 0 Å². The van der Waals surface area contributed by atoms with Crippen molar-refractivity contribution in [1.82, 2.24) is 0 Å². The summed E-state index contributed by atoms with van der Waals surface area (Å²) in [6.07, 6.45) is 0. The lowest BCUT2D eigenvalue weighted by atomic mass is 10.2. The molecule has 1 aromatic carbocycles. The molecule has 0 spiro atoms. The SMILES string of the molecule is CCOC(=O)CSCc1ccc([N+](=O)[O-])cc1. The fourth-order valence-corrected chi connectivity index (χ4v) is 1.95. The molecule has 0 fully saturated rings. The number of rotatable bonds is 6. The monoisotopic (exact) mass is 255 g/mol. The first-order valence-corrected chi connectivity index (χ1v) is 6.25. The van der Waals surface area contributed by atoms with E-state index in [0.29, 0.717) is 18.1 Å². The van der Waals surface area contributed by atoms with Gasteiger partial charge >= 0.3 is 5.97 Å². The molecule has 0 aliphatic rings. The van der Waals surface area contributed by atoms with E-state index in [-0.39, 0.29) is 11.7 Å². The largest absolute Gasteiger partial charge is 0.465 e. The molecular weight excluding hydrogens is 242 g/mol. The number of benzene rings is 1. The van der Waals surface area contributed by atoms with Gasteiger partial charge in [0, 0.05) is 17.9 Å². The Morgan fingerprint density at radius 2 is 2.06 bits per heavy atom. The van der Waals surface area contributed by atoms with Crippen LogP contribution in [0.15, 0.2) is 24.3 Å². The molecule has 0 aromatic heterocycles. The number of ether oxygens (including phenoxy) is 1. The highest BCUT2D eigenvalue weighted by molar-refractivity contribution is 7.99. The van der Waals surface area contributed by atoms with Gasteiger partial charge < -0.3 is 4.74 Å². The van der Waals surface area contributed by atoms with Crippen LogP contribution in [0.5, 0.6) is 0 Å². The Bertz CT molecular complexity index is 391. The molecule has 6 heteroatoms. The first kappa shape index (κ1) is 13.5. The quantitative estimate of drug-likeness (QED) is 0.443. The molecule has 17 heavy (non-hydrogen) atoms. The van der Waals surface area contributed by atoms with E-state index in [0.717, 1.165) is 5.56 Å². The highest BCUT2D eigenvalue weighted by Gasteiger charge is 2.05. The van der Waals surface area contributed by atoms with Gasteiger partial charge in [-0.1, -0.05) is 12.1 Å². The molecule has 0 atom stereocenters. The van der Waals surface area contributed by atoms with E-state index in [2.05, 4.69) is 0 Å². The Hall–Kier alpha value is -1.56. The number of carbonyl (C=O) groups excluding carboxylic acids is 1. The summed E-state index contributed by atoms with van der Waals surface area (Å²) in [5.41, 5.74) is 1.02. The second-order valence-electron chi connectivity index (χ2n) is 3.22. The van der Waals surface area contributed by atoms with Crippen LogP contribution in [0.3, 0.4) is 0 Å². The maximum Gasteiger partial charge on any atom is 0.315 e. The zero-order valence-corrected chi connectivity index (χ0v) is 10.2. The molecule has 0 N–H and O–H groups in total. The molecular formula is C11H13NO4S. The third-order valence-electron chi connectivity index (χ3n) is 1.94. The second kappa shape index (κ2) is 6.90. The number of esters is 1. The first-order valence-electron chi connectivity index (χ1n) is 5.10. The van der Waals surface area contributed by atoms with Crippen molar-refractivity contribution in [2.45, 2.75) is 12.7 Å². The average molecular weight is 255 g/mol. The fraction of sp³-hybridized carbons (Fsp3) is 0.364. The molecule has 0 heterocycles. The number of non-ortho nitro benzene ring substituents is 1. The molecule has 1 aromatic rings. The Kier molecular flexibility index (Phi) is 5.48. The summed E-state index contributed by atoms with van der Waals surface area (Å²) < 4.78 is 4.78. The van der Waals surface area contributed by atoms with Gasteiger partial charge in [-0.3, -0.25) is 14.9 Å². The van der Waals surface area contributed by atoms with Crippen LogP contribution in [0, 0.1) is 10.1 Å². The minimum Gasteiger partial charge on any atom is -0.465 e. The van der Waals surface area contributed by atoms with E-state index >= 15 is 0 Å². The first-order chi connectivity index (χ1) is 8.13. The van der Waals surface area contributed by atoms with Crippen molar-refractivity contribution in [1.29, 1.82) is 0 Å². The van der Waals surface area contributed by atoms with Gasteiger partial charge in [0.1, 0.15) is 0 Å². The minimum atomic E-state index is -0.435. The predicted molar refractivity (Wildman–Crippen MR) is 65.9 cm³/mol. The number of nitro groups is 1. The fourth-order valence-electron chi connectivity index (χ4n) is 1.17. The molecule has 0 amide bonds. The third kappa shape index (κ3) is 4.86. The molecule has 0 unspecified atom stereocenters. The summed E-state index contributed by atoms with van der Waals surface area (Å²) in [4.78, 5) is 21.0. The number of thioether (sulfide) groups is 1. The molecule has 0 bridgehead atoms. The lowest BCUT2D eigenvalue weighted by molar-refractivity contribution is -0.384. The highest BCUT2D eigenvalue weighted by Crippen LogP contribution is 2.16. The van der Waals surface area contributed by atoms with E-state index in [1.165, 1.54) is 23.9 Å². The van der Waals surface area contributed by atoms with Crippen molar-refractivity contribution in [2.24, 2.45) is 0 Å². The standard InChI is InChI=1S/C11H13NO4S/c1-2-16-11(13)8-17-7-9-3-5-10(6-4-9)12(14)15/h3-6H,2,7-8H2,1H3. The van der Waals surface area contributed by atoms with Crippen LogP contribution in [0.25, 0.3) is 0 Å². The Labute approximate surface area is 103 Å². The maximum atomic E-state index is 11.0. The normalized spacial score (nSPS) is 9.94. The molecule has 0 aliphatic heterocycles. The summed E-state index contributed by atoms with van der Waals surface area (Å²) in [5.74, 6) is 0.696. The van der Waals surface area contributed by atoms with Crippen LogP contribution in [0.2, 0.25) is 0 Å². The minimum absolute atomic E-state index is 0.0733. The third-order valence-corrected chi connectivity index (χ3v) is 2.92. The van der Waals surface area contributed by atoms with Crippen molar-refractivity contribution in [3.63, 3.8) is 0 Å². The van der Waals surface area contributed by atoms with E-state index in [4.69, 9.17) is 4.74 Å². The predicted octanol–water partition coefficient (Wildman–Crippen LogP) is 2.39. The van der Waals surface area contributed by atoms with Gasteiger partial charge in [0.2, 0.25) is 0 Å². The zero-order valence-electron chi connectivity index (χ0n) is 9.42. The van der Waals surface area contributed by atoms with E-state index in [9.17, 15) is 14.9 Å². The zero-order chi connectivity index (χ0) is 12.7. The second-order valence-corrected chi connectivity index (χ2v) is 4.21. The molecule has 0 saturated carbocycles. The molecule has 0 aliphatic carbocycles. The van der Waals surface area contributed by atoms with Crippen molar-refractivity contribution in [3.05, 3.63) is 39.9 Å². The van der Waals surface area contributed by atoms with E-state index in [1.807, 2.05) is 0 Å². The van der Waals surface area contributed by atoms with Crippen LogP contribution in [0.4, 0.5) is 5.69 Å². The lowest BCUT2D eigenvalue weighted by Crippen LogP contribution is -2.06. The smallest absolute Gasteiger partial charge is 0.315 e. The van der Waals surface area contributed by atoms with E-state index in [1.54, 1.807) is 19.1 Å². The summed E-state index contributed by atoms with van der Waals surface area (Å²) >= 11 is 1.42. The van der Waals surface area contributed by atoms with E-state index < -0.39 is 4.92 Å². The van der Waals surface area contributed by atoms with Crippen LogP contribution < -0.4 is 0 Å². The highest BCUT2D eigenvalue weighted by atomic mass is 32.2. The van der Waals surface area contributed by atoms with Crippen LogP contribution >= 0.6 is 11.8 Å². The maximum absolute atomic E-state index is 11.0. The van der Waals surface area contributed by atoms with Crippen molar-refractivity contribution < 1.29 is 14.5 Å². The summed E-state index contributed by atoms with van der Waals surface area (Å²) in [6, 6.07) is 6.30. The Morgan fingerprint density at radius 3 is 2.59 bits per heavy atom. The van der Waals surface area contributed by atoms with Gasteiger partial charge in [0.25, 0.3) is 5.69 Å². The Balaban J connectivity index is 2.37. The van der Waals surface area contributed by atoms with Crippen molar-refractivity contribution in [2.75, 3.05) is 12.4 Å². The van der Waals surface area contributed by atoms with Gasteiger partial charge in [-0.15, -0.1) is 11.8 Å². The van der Waals surface area contributed by atoms with Gasteiger partial charge in [-0.05, 0) is 12.5 Å². The van der Waals surface area contributed by atoms with Gasteiger partial charge in [-0.2, -0.15) is 0 Å². The van der Waals surface area contributed by atoms with Crippen LogP contribution in [-0.4, -0.2) is 23.3 Å². The van der Waals surface area contributed by atoms with Gasteiger partial charge in [0.15, 0.2) is 0 Å². The number of nitro benzene ring substituents is 1.